The lowest BCUT2D eigenvalue weighted by atomic mass is 9.70. The third-order valence-corrected chi connectivity index (χ3v) is 6.95. The summed E-state index contributed by atoms with van der Waals surface area (Å²) in [5, 5.41) is 23.4. The molecule has 3 N–H and O–H groups in total. The van der Waals surface area contributed by atoms with E-state index in [-0.39, 0.29) is 23.2 Å². The number of nitrogens with one attached hydrogen (secondary N) is 1. The lowest BCUT2D eigenvalue weighted by molar-refractivity contribution is -0.126. The summed E-state index contributed by atoms with van der Waals surface area (Å²) in [4.78, 5) is 29.5. The van der Waals surface area contributed by atoms with E-state index in [1.165, 1.54) is 12.1 Å². The van der Waals surface area contributed by atoms with E-state index in [4.69, 9.17) is 11.6 Å². The highest BCUT2D eigenvalue weighted by molar-refractivity contribution is 6.30. The summed E-state index contributed by atoms with van der Waals surface area (Å²) in [6, 6.07) is 18.6. The third-order valence-electron chi connectivity index (χ3n) is 6.70. The normalized spacial score (nSPS) is 24.5. The number of Topliss-reactive ketones (excluding diaryl/α,β-unsaturated/α-hetero) is 1. The van der Waals surface area contributed by atoms with Gasteiger partial charge >= 0.3 is 0 Å². The maximum atomic E-state index is 14.0. The van der Waals surface area contributed by atoms with E-state index in [9.17, 15) is 19.8 Å². The number of carbonyl (C=O) groups is 2. The first-order chi connectivity index (χ1) is 15.3. The minimum Gasteiger partial charge on any atom is -0.504 e. The molecule has 3 atom stereocenters. The molecule has 2 heterocycles. The fourth-order valence-corrected chi connectivity index (χ4v) is 5.39. The number of likely N-dealkylation sites (N-methyl/N-ethyl adjacent to an activating group) is 1. The van der Waals surface area contributed by atoms with Crippen LogP contribution in [0.25, 0.3) is 0 Å². The lowest BCUT2D eigenvalue weighted by Crippen LogP contribution is -2.51. The number of carbonyl (C=O) groups excluding carboxylic acids is 2. The molecule has 1 fully saturated rings. The van der Waals surface area contributed by atoms with Crippen molar-refractivity contribution in [3.63, 3.8) is 0 Å². The SMILES string of the molecule is CN1CC(c2ccc(O)c(O)c2)C(C(=O)c2ccc(Cl)cc2)C12C(=O)Nc1ccccc12. The van der Waals surface area contributed by atoms with Gasteiger partial charge < -0.3 is 15.5 Å². The van der Waals surface area contributed by atoms with E-state index in [1.54, 1.807) is 30.3 Å². The summed E-state index contributed by atoms with van der Waals surface area (Å²) in [6.45, 7) is 0.413. The van der Waals surface area contributed by atoms with Crippen molar-refractivity contribution in [2.24, 2.45) is 5.92 Å². The van der Waals surface area contributed by atoms with Gasteiger partial charge in [0.05, 0.1) is 5.92 Å². The molecule has 3 unspecified atom stereocenters. The van der Waals surface area contributed by atoms with E-state index in [0.29, 0.717) is 28.4 Å². The zero-order valence-corrected chi connectivity index (χ0v) is 18.0. The second-order valence-electron chi connectivity index (χ2n) is 8.35. The topological polar surface area (TPSA) is 89.9 Å². The van der Waals surface area contributed by atoms with Gasteiger partial charge in [-0.15, -0.1) is 0 Å². The average Bonchev–Trinajstić information content (AvgIpc) is 3.25. The van der Waals surface area contributed by atoms with Crippen LogP contribution in [0, 0.1) is 5.92 Å². The second-order valence-corrected chi connectivity index (χ2v) is 8.79. The third kappa shape index (κ3) is 2.83. The number of anilines is 1. The van der Waals surface area contributed by atoms with Gasteiger partial charge in [-0.05, 0) is 55.1 Å². The Bertz CT molecular complexity index is 1240. The number of aromatic hydroxyl groups is 2. The van der Waals surface area contributed by atoms with Crippen molar-refractivity contribution in [2.45, 2.75) is 11.5 Å². The molecule has 162 valence electrons. The van der Waals surface area contributed by atoms with Crippen LogP contribution in [0.2, 0.25) is 5.02 Å². The number of para-hydroxylation sites is 1. The molecule has 32 heavy (non-hydrogen) atoms. The Morgan fingerprint density at radius 1 is 1.06 bits per heavy atom. The number of rotatable bonds is 3. The number of hydrogen-bond acceptors (Lipinski definition) is 5. The van der Waals surface area contributed by atoms with Crippen LogP contribution in [0.5, 0.6) is 11.5 Å². The standard InChI is InChI=1S/C25H21ClN2O4/c1-28-13-17(15-8-11-20(29)21(30)12-15)22(23(31)14-6-9-16(26)10-7-14)25(28)18-4-2-3-5-19(18)27-24(25)32/h2-12,17,22,29-30H,13H2,1H3,(H,27,32). The number of amides is 1. The lowest BCUT2D eigenvalue weighted by Gasteiger charge is -2.35. The number of phenols is 2. The highest BCUT2D eigenvalue weighted by atomic mass is 35.5. The number of likely N-dealkylation sites (tertiary alicyclic amines) is 1. The zero-order valence-electron chi connectivity index (χ0n) is 17.2. The number of nitrogens with zero attached hydrogens (tertiary/aromatic N) is 1. The minimum atomic E-state index is -1.20. The van der Waals surface area contributed by atoms with Gasteiger partial charge in [0.15, 0.2) is 17.3 Å². The Morgan fingerprint density at radius 3 is 2.50 bits per heavy atom. The molecule has 1 amide bonds. The predicted molar refractivity (Wildman–Crippen MR) is 121 cm³/mol. The van der Waals surface area contributed by atoms with E-state index < -0.39 is 17.4 Å². The second kappa shape index (κ2) is 7.36. The first-order valence-corrected chi connectivity index (χ1v) is 10.7. The maximum Gasteiger partial charge on any atom is 0.250 e. The van der Waals surface area contributed by atoms with E-state index in [2.05, 4.69) is 5.32 Å². The van der Waals surface area contributed by atoms with Crippen LogP contribution in [0.15, 0.2) is 66.7 Å². The Morgan fingerprint density at radius 2 is 1.78 bits per heavy atom. The monoisotopic (exact) mass is 448 g/mol. The molecule has 7 heteroatoms. The molecule has 3 aromatic rings. The van der Waals surface area contributed by atoms with Gasteiger partial charge in [-0.1, -0.05) is 35.9 Å². The average molecular weight is 449 g/mol. The van der Waals surface area contributed by atoms with Crippen molar-refractivity contribution in [3.05, 3.63) is 88.4 Å². The molecule has 2 aliphatic rings. The predicted octanol–water partition coefficient (Wildman–Crippen LogP) is 4.13. The summed E-state index contributed by atoms with van der Waals surface area (Å²) in [5.74, 6) is -2.10. The summed E-state index contributed by atoms with van der Waals surface area (Å²) in [5.41, 5.74) is 1.37. The Hall–Kier alpha value is -3.35. The zero-order chi connectivity index (χ0) is 22.6. The molecule has 6 nitrogen and oxygen atoms in total. The van der Waals surface area contributed by atoms with E-state index in [1.807, 2.05) is 36.2 Å². The van der Waals surface area contributed by atoms with Crippen LogP contribution in [0.4, 0.5) is 5.69 Å². The number of hydrogen-bond donors (Lipinski definition) is 3. The van der Waals surface area contributed by atoms with Gasteiger partial charge in [-0.25, -0.2) is 0 Å². The van der Waals surface area contributed by atoms with Crippen molar-refractivity contribution in [1.82, 2.24) is 4.90 Å². The fraction of sp³-hybridized carbons (Fsp3) is 0.200. The van der Waals surface area contributed by atoms with Crippen molar-refractivity contribution >= 4 is 29.0 Å². The first-order valence-electron chi connectivity index (χ1n) is 10.3. The van der Waals surface area contributed by atoms with Gasteiger partial charge in [0.2, 0.25) is 5.91 Å². The van der Waals surface area contributed by atoms with Gasteiger partial charge in [-0.2, -0.15) is 0 Å². The number of benzene rings is 3. The summed E-state index contributed by atoms with van der Waals surface area (Å²) in [7, 11) is 1.84. The molecule has 0 radical (unpaired) electrons. The number of phenolic OH excluding ortho intramolecular Hbond substituents is 2. The number of fused-ring (bicyclic) bond motifs is 2. The van der Waals surface area contributed by atoms with Gasteiger partial charge in [0.1, 0.15) is 5.54 Å². The van der Waals surface area contributed by atoms with Gasteiger partial charge in [0, 0.05) is 34.3 Å². The first kappa shape index (κ1) is 20.5. The van der Waals surface area contributed by atoms with Crippen molar-refractivity contribution < 1.29 is 19.8 Å². The van der Waals surface area contributed by atoms with Crippen molar-refractivity contribution in [1.29, 1.82) is 0 Å². The van der Waals surface area contributed by atoms with Crippen LogP contribution in [-0.4, -0.2) is 40.4 Å². The molecule has 0 saturated carbocycles. The van der Waals surface area contributed by atoms with Crippen LogP contribution in [0.3, 0.4) is 0 Å². The molecule has 1 saturated heterocycles. The Kier molecular flexibility index (Phi) is 4.73. The summed E-state index contributed by atoms with van der Waals surface area (Å²) >= 11 is 6.03. The minimum absolute atomic E-state index is 0.185. The van der Waals surface area contributed by atoms with E-state index in [0.717, 1.165) is 5.56 Å². The maximum absolute atomic E-state index is 14.0. The van der Waals surface area contributed by atoms with Crippen molar-refractivity contribution in [3.8, 4) is 11.5 Å². The van der Waals surface area contributed by atoms with Crippen molar-refractivity contribution in [2.75, 3.05) is 18.9 Å². The Labute approximate surface area is 190 Å². The Balaban J connectivity index is 1.73. The largest absolute Gasteiger partial charge is 0.504 e. The van der Waals surface area contributed by atoms with Gasteiger partial charge in [0.25, 0.3) is 0 Å². The highest BCUT2D eigenvalue weighted by Gasteiger charge is 2.64. The van der Waals surface area contributed by atoms with Crippen LogP contribution >= 0.6 is 11.6 Å². The molecule has 0 aromatic heterocycles. The number of ketones is 1. The molecule has 0 aliphatic carbocycles. The fourth-order valence-electron chi connectivity index (χ4n) is 5.26. The summed E-state index contributed by atoms with van der Waals surface area (Å²) in [6.07, 6.45) is 0. The highest BCUT2D eigenvalue weighted by Crippen LogP contribution is 2.55. The van der Waals surface area contributed by atoms with Crippen LogP contribution < -0.4 is 5.32 Å². The van der Waals surface area contributed by atoms with Crippen LogP contribution in [-0.2, 0) is 10.3 Å². The smallest absolute Gasteiger partial charge is 0.250 e. The molecule has 1 spiro atoms. The number of halogens is 1. The van der Waals surface area contributed by atoms with Crippen LogP contribution in [0.1, 0.15) is 27.4 Å². The van der Waals surface area contributed by atoms with Gasteiger partial charge in [-0.3, -0.25) is 14.5 Å². The quantitative estimate of drug-likeness (QED) is 0.414. The molecule has 5 rings (SSSR count). The molecular formula is C25H21ClN2O4. The summed E-state index contributed by atoms with van der Waals surface area (Å²) < 4.78 is 0. The molecule has 2 aliphatic heterocycles. The molecular weight excluding hydrogens is 428 g/mol. The van der Waals surface area contributed by atoms with E-state index >= 15 is 0 Å². The molecule has 0 bridgehead atoms. The molecule has 3 aromatic carbocycles.